The van der Waals surface area contributed by atoms with Gasteiger partial charge >= 0.3 is 11.7 Å². The van der Waals surface area contributed by atoms with Crippen molar-refractivity contribution < 1.29 is 14.6 Å². The van der Waals surface area contributed by atoms with Gasteiger partial charge in [-0.3, -0.25) is 14.3 Å². The van der Waals surface area contributed by atoms with Crippen LogP contribution in [0.15, 0.2) is 44.9 Å². The van der Waals surface area contributed by atoms with Gasteiger partial charge < -0.3 is 20.5 Å². The number of thioether (sulfide) groups is 1. The van der Waals surface area contributed by atoms with Crippen molar-refractivity contribution in [2.24, 2.45) is 0 Å². The van der Waals surface area contributed by atoms with Crippen LogP contribution in [0.3, 0.4) is 0 Å². The average molecular weight is 406 g/mol. The second kappa shape index (κ2) is 8.63. The van der Waals surface area contributed by atoms with Crippen molar-refractivity contribution in [1.29, 1.82) is 0 Å². The monoisotopic (exact) mass is 406 g/mol. The zero-order valence-electron chi connectivity index (χ0n) is 15.5. The van der Waals surface area contributed by atoms with E-state index in [1.165, 1.54) is 10.8 Å². The molecule has 1 saturated heterocycles. The summed E-state index contributed by atoms with van der Waals surface area (Å²) in [4.78, 5) is 38.8. The lowest BCUT2D eigenvalue weighted by Gasteiger charge is -2.17. The van der Waals surface area contributed by atoms with E-state index in [0.717, 1.165) is 4.90 Å². The number of hydrogen-bond donors (Lipinski definition) is 4. The van der Waals surface area contributed by atoms with Gasteiger partial charge in [-0.1, -0.05) is 0 Å². The number of nitrogens with zero attached hydrogens (tertiary/aromatic N) is 1. The molecule has 2 aromatic rings. The predicted molar refractivity (Wildman–Crippen MR) is 106 cm³/mol. The number of aryl methyl sites for hydroxylation is 1. The number of ether oxygens (including phenoxy) is 1. The maximum atomic E-state index is 12.1. The Morgan fingerprint density at radius 3 is 2.75 bits per heavy atom. The van der Waals surface area contributed by atoms with Gasteiger partial charge in [0, 0.05) is 35.3 Å². The Labute approximate surface area is 165 Å². The number of anilines is 1. The number of aliphatic hydroxyl groups is 1. The van der Waals surface area contributed by atoms with Crippen LogP contribution in [-0.4, -0.2) is 45.7 Å². The number of amides is 2. The summed E-state index contributed by atoms with van der Waals surface area (Å²) >= 11 is 1.61. The summed E-state index contributed by atoms with van der Waals surface area (Å²) < 4.78 is 6.96. The summed E-state index contributed by atoms with van der Waals surface area (Å²) in [5, 5.41) is 15.6. The molecule has 1 fully saturated rings. The van der Waals surface area contributed by atoms with Crippen LogP contribution >= 0.6 is 11.8 Å². The number of hydrogen-bond acceptors (Lipinski definition) is 6. The Bertz CT molecular complexity index is 956. The fraction of sp³-hybridized carbons (Fsp3) is 0.389. The van der Waals surface area contributed by atoms with Crippen molar-refractivity contribution in [1.82, 2.24) is 14.9 Å². The minimum absolute atomic E-state index is 0.0729. The van der Waals surface area contributed by atoms with Crippen molar-refractivity contribution in [2.45, 2.75) is 36.7 Å². The van der Waals surface area contributed by atoms with Crippen molar-refractivity contribution in [3.63, 3.8) is 0 Å². The first-order valence-corrected chi connectivity index (χ1v) is 9.94. The van der Waals surface area contributed by atoms with E-state index >= 15 is 0 Å². The molecular formula is C18H22N4O5S. The Kier molecular flexibility index (Phi) is 6.22. The van der Waals surface area contributed by atoms with Gasteiger partial charge in [-0.15, -0.1) is 11.8 Å². The molecule has 0 bridgehead atoms. The summed E-state index contributed by atoms with van der Waals surface area (Å²) in [5.74, 6) is 0. The SMILES string of the molecule is CSc1ccc(NC(=O)NC[C@H]2O[C@@H](n3cc(C)c(=O)[nH]c3=O)C[C@@H]2O)cc1. The molecule has 28 heavy (non-hydrogen) atoms. The second-order valence-corrected chi connectivity index (χ2v) is 7.35. The summed E-state index contributed by atoms with van der Waals surface area (Å²) in [5.41, 5.74) is -0.0458. The zero-order chi connectivity index (χ0) is 20.3. The highest BCUT2D eigenvalue weighted by Gasteiger charge is 2.35. The first-order chi connectivity index (χ1) is 13.4. The van der Waals surface area contributed by atoms with E-state index in [4.69, 9.17) is 4.74 Å². The van der Waals surface area contributed by atoms with E-state index in [1.807, 2.05) is 18.4 Å². The topological polar surface area (TPSA) is 125 Å². The molecule has 150 valence electrons. The molecule has 9 nitrogen and oxygen atoms in total. The molecule has 0 unspecified atom stereocenters. The number of urea groups is 1. The third-order valence-electron chi connectivity index (χ3n) is 4.47. The second-order valence-electron chi connectivity index (χ2n) is 6.47. The van der Waals surface area contributed by atoms with E-state index in [2.05, 4.69) is 15.6 Å². The molecule has 1 aliphatic heterocycles. The van der Waals surface area contributed by atoms with Crippen molar-refractivity contribution in [3.8, 4) is 0 Å². The molecule has 1 aliphatic rings. The molecule has 3 rings (SSSR count). The minimum Gasteiger partial charge on any atom is -0.390 e. The fourth-order valence-electron chi connectivity index (χ4n) is 2.91. The van der Waals surface area contributed by atoms with E-state index in [9.17, 15) is 19.5 Å². The van der Waals surface area contributed by atoms with E-state index in [0.29, 0.717) is 11.3 Å². The number of rotatable bonds is 5. The quantitative estimate of drug-likeness (QED) is 0.550. The summed E-state index contributed by atoms with van der Waals surface area (Å²) in [6.45, 7) is 1.65. The van der Waals surface area contributed by atoms with Crippen LogP contribution in [0.25, 0.3) is 0 Å². The summed E-state index contributed by atoms with van der Waals surface area (Å²) in [6, 6.07) is 6.98. The molecule has 0 radical (unpaired) electrons. The maximum Gasteiger partial charge on any atom is 0.330 e. The maximum absolute atomic E-state index is 12.1. The molecule has 0 saturated carbocycles. The van der Waals surface area contributed by atoms with Crippen LogP contribution in [0.4, 0.5) is 10.5 Å². The zero-order valence-corrected chi connectivity index (χ0v) is 16.3. The van der Waals surface area contributed by atoms with Gasteiger partial charge in [0.05, 0.1) is 6.10 Å². The lowest BCUT2D eigenvalue weighted by atomic mass is 10.2. The molecular weight excluding hydrogens is 384 g/mol. The molecule has 2 amide bonds. The number of benzene rings is 1. The van der Waals surface area contributed by atoms with Crippen LogP contribution < -0.4 is 21.9 Å². The molecule has 2 heterocycles. The number of H-pyrrole nitrogens is 1. The van der Waals surface area contributed by atoms with E-state index in [1.54, 1.807) is 30.8 Å². The predicted octanol–water partition coefficient (Wildman–Crippen LogP) is 1.04. The molecule has 0 spiro atoms. The number of aromatic nitrogens is 2. The number of aromatic amines is 1. The molecule has 3 atom stereocenters. The van der Waals surface area contributed by atoms with Crippen LogP contribution in [0.1, 0.15) is 18.2 Å². The molecule has 0 aliphatic carbocycles. The molecule has 1 aromatic carbocycles. The first kappa shape index (κ1) is 20.2. The van der Waals surface area contributed by atoms with Crippen molar-refractivity contribution >= 4 is 23.5 Å². The third-order valence-corrected chi connectivity index (χ3v) is 5.22. The lowest BCUT2D eigenvalue weighted by molar-refractivity contribution is -0.0178. The Morgan fingerprint density at radius 1 is 1.36 bits per heavy atom. The normalized spacial score (nSPS) is 21.5. The minimum atomic E-state index is -0.856. The van der Waals surface area contributed by atoms with Crippen LogP contribution in [0.5, 0.6) is 0 Å². The van der Waals surface area contributed by atoms with E-state index < -0.39 is 35.7 Å². The van der Waals surface area contributed by atoms with Gasteiger partial charge in [-0.25, -0.2) is 9.59 Å². The smallest absolute Gasteiger partial charge is 0.330 e. The first-order valence-electron chi connectivity index (χ1n) is 8.72. The van der Waals surface area contributed by atoms with Gasteiger partial charge in [-0.2, -0.15) is 0 Å². The summed E-state index contributed by atoms with van der Waals surface area (Å²) in [7, 11) is 0. The van der Waals surface area contributed by atoms with Crippen LogP contribution in [-0.2, 0) is 4.74 Å². The third kappa shape index (κ3) is 4.64. The van der Waals surface area contributed by atoms with Gasteiger partial charge in [0.15, 0.2) is 0 Å². The molecule has 4 N–H and O–H groups in total. The van der Waals surface area contributed by atoms with E-state index in [-0.39, 0.29) is 13.0 Å². The largest absolute Gasteiger partial charge is 0.390 e. The summed E-state index contributed by atoms with van der Waals surface area (Å²) in [6.07, 6.45) is 1.30. The van der Waals surface area contributed by atoms with Gasteiger partial charge in [-0.05, 0) is 37.4 Å². The Morgan fingerprint density at radius 2 is 2.07 bits per heavy atom. The lowest BCUT2D eigenvalue weighted by Crippen LogP contribution is -2.39. The van der Waals surface area contributed by atoms with Crippen molar-refractivity contribution in [2.75, 3.05) is 18.1 Å². The number of nitrogens with one attached hydrogen (secondary N) is 3. The molecule has 1 aromatic heterocycles. The average Bonchev–Trinajstić information content (AvgIpc) is 3.04. The Balaban J connectivity index is 1.56. The highest BCUT2D eigenvalue weighted by Crippen LogP contribution is 2.27. The van der Waals surface area contributed by atoms with Gasteiger partial charge in [0.1, 0.15) is 12.3 Å². The van der Waals surface area contributed by atoms with Crippen molar-refractivity contribution in [3.05, 3.63) is 56.9 Å². The number of carbonyl (C=O) groups excluding carboxylic acids is 1. The van der Waals surface area contributed by atoms with Crippen LogP contribution in [0.2, 0.25) is 0 Å². The fourth-order valence-corrected chi connectivity index (χ4v) is 3.32. The highest BCUT2D eigenvalue weighted by atomic mass is 32.2. The standard InChI is InChI=1S/C18H22N4O5S/c1-10-9-22(18(26)21-16(10)24)15-7-13(23)14(27-15)8-19-17(25)20-11-3-5-12(28-2)6-4-11/h3-6,9,13-15,23H,7-8H2,1-2H3,(H2,19,20,25)(H,21,24,26)/t13-,14+,15+/m0/s1. The molecule has 10 heteroatoms. The number of carbonyl (C=O) groups is 1. The van der Waals surface area contributed by atoms with Crippen LogP contribution in [0, 0.1) is 6.92 Å². The highest BCUT2D eigenvalue weighted by molar-refractivity contribution is 7.98. The van der Waals surface area contributed by atoms with Gasteiger partial charge in [0.25, 0.3) is 5.56 Å². The number of aliphatic hydroxyl groups excluding tert-OH is 1. The van der Waals surface area contributed by atoms with Gasteiger partial charge in [0.2, 0.25) is 0 Å². The Hall–Kier alpha value is -2.56.